The fourth-order valence-electron chi connectivity index (χ4n) is 2.39. The van der Waals surface area contributed by atoms with Crippen molar-refractivity contribution < 1.29 is 9.84 Å². The molecule has 0 spiro atoms. The quantitative estimate of drug-likeness (QED) is 0.832. The average Bonchev–Trinajstić information content (AvgIpc) is 2.39. The standard InChI is InChI=1S/C14H20O2Si/c1-17(2,14-9-5-6-10-16-14)13-8-4-3-7-12(13)11-15/h3-4,7-9,15H,5-6,10-11H2,1-2H3. The summed E-state index contributed by atoms with van der Waals surface area (Å²) in [6.07, 6.45) is 4.48. The van der Waals surface area contributed by atoms with Crippen LogP contribution in [0.2, 0.25) is 13.1 Å². The second kappa shape index (κ2) is 5.06. The molecule has 1 aromatic rings. The Labute approximate surface area is 104 Å². The Morgan fingerprint density at radius 2 is 2.06 bits per heavy atom. The summed E-state index contributed by atoms with van der Waals surface area (Å²) < 4.78 is 5.84. The molecule has 2 rings (SSSR count). The Bertz CT molecular complexity index is 424. The average molecular weight is 248 g/mol. The van der Waals surface area contributed by atoms with E-state index in [4.69, 9.17) is 4.74 Å². The third-order valence-corrected chi connectivity index (χ3v) is 6.83. The van der Waals surface area contributed by atoms with E-state index in [0.29, 0.717) is 0 Å². The summed E-state index contributed by atoms with van der Waals surface area (Å²) in [5, 5.41) is 11.9. The number of aliphatic hydroxyl groups excluding tert-OH is 1. The molecule has 0 atom stereocenters. The molecule has 1 heterocycles. The van der Waals surface area contributed by atoms with Crippen molar-refractivity contribution in [1.29, 1.82) is 0 Å². The number of benzene rings is 1. The van der Waals surface area contributed by atoms with Crippen LogP contribution in [0.5, 0.6) is 0 Å². The minimum Gasteiger partial charge on any atom is -0.503 e. The van der Waals surface area contributed by atoms with Gasteiger partial charge in [0.2, 0.25) is 0 Å². The van der Waals surface area contributed by atoms with Gasteiger partial charge in [0, 0.05) is 0 Å². The Morgan fingerprint density at radius 3 is 2.71 bits per heavy atom. The second-order valence-corrected chi connectivity index (χ2v) is 9.28. The zero-order valence-electron chi connectivity index (χ0n) is 10.6. The lowest BCUT2D eigenvalue weighted by atomic mass is 10.2. The lowest BCUT2D eigenvalue weighted by Gasteiger charge is -2.30. The number of ether oxygens (including phenoxy) is 1. The summed E-state index contributed by atoms with van der Waals surface area (Å²) >= 11 is 0. The minimum atomic E-state index is -1.77. The van der Waals surface area contributed by atoms with Gasteiger partial charge < -0.3 is 9.84 Å². The smallest absolute Gasteiger partial charge is 0.155 e. The minimum absolute atomic E-state index is 0.111. The van der Waals surface area contributed by atoms with E-state index >= 15 is 0 Å². The van der Waals surface area contributed by atoms with Crippen LogP contribution in [0.3, 0.4) is 0 Å². The van der Waals surface area contributed by atoms with Crippen LogP contribution in [0.4, 0.5) is 0 Å². The van der Waals surface area contributed by atoms with Crippen LogP contribution in [-0.4, -0.2) is 19.8 Å². The molecule has 1 aromatic carbocycles. The number of aliphatic hydroxyl groups is 1. The molecule has 0 aliphatic carbocycles. The summed E-state index contributed by atoms with van der Waals surface area (Å²) in [7, 11) is -1.77. The highest BCUT2D eigenvalue weighted by Gasteiger charge is 2.32. The molecule has 0 bridgehead atoms. The van der Waals surface area contributed by atoms with Crippen molar-refractivity contribution in [3.05, 3.63) is 41.3 Å². The van der Waals surface area contributed by atoms with Crippen molar-refractivity contribution in [2.24, 2.45) is 0 Å². The maximum absolute atomic E-state index is 9.44. The van der Waals surface area contributed by atoms with E-state index in [0.717, 1.165) is 25.0 Å². The maximum Gasteiger partial charge on any atom is 0.155 e. The third-order valence-electron chi connectivity index (χ3n) is 3.41. The molecule has 1 N–H and O–H groups in total. The van der Waals surface area contributed by atoms with E-state index < -0.39 is 8.07 Å². The van der Waals surface area contributed by atoms with Gasteiger partial charge >= 0.3 is 0 Å². The molecule has 0 unspecified atom stereocenters. The Balaban J connectivity index is 2.39. The van der Waals surface area contributed by atoms with Gasteiger partial charge in [-0.3, -0.25) is 0 Å². The lowest BCUT2D eigenvalue weighted by molar-refractivity contribution is 0.213. The van der Waals surface area contributed by atoms with Crippen molar-refractivity contribution in [2.75, 3.05) is 6.61 Å². The summed E-state index contributed by atoms with van der Waals surface area (Å²) in [4.78, 5) is 0. The zero-order chi connectivity index (χ0) is 12.3. The van der Waals surface area contributed by atoms with Crippen molar-refractivity contribution in [3.8, 4) is 0 Å². The summed E-state index contributed by atoms with van der Waals surface area (Å²) in [5.41, 5.74) is 1.04. The SMILES string of the molecule is C[Si](C)(C1=CCCCO1)c1ccccc1CO. The van der Waals surface area contributed by atoms with Gasteiger partial charge in [0.15, 0.2) is 8.07 Å². The molecule has 0 fully saturated rings. The van der Waals surface area contributed by atoms with E-state index in [2.05, 4.69) is 25.2 Å². The summed E-state index contributed by atoms with van der Waals surface area (Å²) in [5.74, 6) is 0. The first-order valence-electron chi connectivity index (χ1n) is 6.19. The van der Waals surface area contributed by atoms with Crippen molar-refractivity contribution in [2.45, 2.75) is 32.5 Å². The van der Waals surface area contributed by atoms with Crippen LogP contribution in [0.15, 0.2) is 35.7 Å². The molecule has 2 nitrogen and oxygen atoms in total. The third kappa shape index (κ3) is 2.45. The molecular weight excluding hydrogens is 228 g/mol. The second-order valence-electron chi connectivity index (χ2n) is 5.00. The van der Waals surface area contributed by atoms with Gasteiger partial charge in [-0.2, -0.15) is 0 Å². The molecule has 3 heteroatoms. The van der Waals surface area contributed by atoms with Crippen molar-refractivity contribution in [1.82, 2.24) is 0 Å². The predicted molar refractivity (Wildman–Crippen MR) is 72.7 cm³/mol. The van der Waals surface area contributed by atoms with Crippen LogP contribution >= 0.6 is 0 Å². The first-order valence-corrected chi connectivity index (χ1v) is 9.19. The number of hydrogen-bond donors (Lipinski definition) is 1. The number of hydrogen-bond acceptors (Lipinski definition) is 2. The molecule has 0 radical (unpaired) electrons. The van der Waals surface area contributed by atoms with Crippen LogP contribution in [0, 0.1) is 0 Å². The van der Waals surface area contributed by atoms with Gasteiger partial charge in [-0.1, -0.05) is 43.4 Å². The molecular formula is C14H20O2Si. The lowest BCUT2D eigenvalue weighted by Crippen LogP contribution is -2.47. The van der Waals surface area contributed by atoms with Gasteiger partial charge in [0.1, 0.15) is 0 Å². The molecule has 0 aromatic heterocycles. The van der Waals surface area contributed by atoms with E-state index in [1.807, 2.05) is 18.2 Å². The number of rotatable bonds is 3. The molecule has 0 amide bonds. The largest absolute Gasteiger partial charge is 0.503 e. The fourth-order valence-corrected chi connectivity index (χ4v) is 5.25. The summed E-state index contributed by atoms with van der Waals surface area (Å²) in [6.45, 7) is 5.53. The molecule has 17 heavy (non-hydrogen) atoms. The highest BCUT2D eigenvalue weighted by Crippen LogP contribution is 2.22. The summed E-state index contributed by atoms with van der Waals surface area (Å²) in [6, 6.07) is 8.17. The van der Waals surface area contributed by atoms with E-state index in [-0.39, 0.29) is 6.61 Å². The topological polar surface area (TPSA) is 29.5 Å². The first kappa shape index (κ1) is 12.4. The van der Waals surface area contributed by atoms with E-state index in [1.54, 1.807) is 0 Å². The maximum atomic E-state index is 9.44. The Hall–Kier alpha value is -1.06. The van der Waals surface area contributed by atoms with Crippen molar-refractivity contribution in [3.63, 3.8) is 0 Å². The molecule has 0 saturated carbocycles. The van der Waals surface area contributed by atoms with Gasteiger partial charge in [-0.25, -0.2) is 0 Å². The molecule has 0 saturated heterocycles. The van der Waals surface area contributed by atoms with Crippen molar-refractivity contribution >= 4 is 13.3 Å². The van der Waals surface area contributed by atoms with Gasteiger partial charge in [0.25, 0.3) is 0 Å². The monoisotopic (exact) mass is 248 g/mol. The number of allylic oxidation sites excluding steroid dienone is 1. The predicted octanol–water partition coefficient (Wildman–Crippen LogP) is 2.33. The highest BCUT2D eigenvalue weighted by atomic mass is 28.3. The van der Waals surface area contributed by atoms with Crippen LogP contribution in [0.1, 0.15) is 18.4 Å². The van der Waals surface area contributed by atoms with Gasteiger partial charge in [-0.15, -0.1) is 0 Å². The Kier molecular flexibility index (Phi) is 3.69. The fraction of sp³-hybridized carbons (Fsp3) is 0.429. The Morgan fingerprint density at radius 1 is 1.29 bits per heavy atom. The molecule has 1 aliphatic rings. The molecule has 92 valence electrons. The van der Waals surface area contributed by atoms with Crippen LogP contribution in [-0.2, 0) is 11.3 Å². The van der Waals surface area contributed by atoms with Crippen LogP contribution < -0.4 is 5.19 Å². The van der Waals surface area contributed by atoms with Gasteiger partial charge in [-0.05, 0) is 23.6 Å². The van der Waals surface area contributed by atoms with Gasteiger partial charge in [0.05, 0.1) is 18.6 Å². The van der Waals surface area contributed by atoms with E-state index in [1.165, 1.54) is 10.6 Å². The zero-order valence-corrected chi connectivity index (χ0v) is 11.6. The van der Waals surface area contributed by atoms with Crippen LogP contribution in [0.25, 0.3) is 0 Å². The molecule has 1 aliphatic heterocycles. The first-order chi connectivity index (χ1) is 8.16. The highest BCUT2D eigenvalue weighted by molar-refractivity contribution is 6.95. The normalized spacial score (nSPS) is 16.3. The van der Waals surface area contributed by atoms with E-state index in [9.17, 15) is 5.11 Å².